The van der Waals surface area contributed by atoms with Crippen molar-refractivity contribution in [2.45, 2.75) is 25.7 Å². The number of anilines is 2. The minimum Gasteiger partial charge on any atom is -0.341 e. The third-order valence-electron chi connectivity index (χ3n) is 5.37. The van der Waals surface area contributed by atoms with Crippen molar-refractivity contribution in [3.8, 4) is 0 Å². The minimum absolute atomic E-state index is 0.386. The number of aromatic nitrogens is 4. The first-order valence-electron chi connectivity index (χ1n) is 8.49. The van der Waals surface area contributed by atoms with Gasteiger partial charge in [0.1, 0.15) is 0 Å². The highest BCUT2D eigenvalue weighted by molar-refractivity contribution is 5.32. The molecule has 7 heteroatoms. The van der Waals surface area contributed by atoms with Crippen molar-refractivity contribution in [3.63, 3.8) is 0 Å². The van der Waals surface area contributed by atoms with Crippen LogP contribution in [0.25, 0.3) is 0 Å². The quantitative estimate of drug-likeness (QED) is 0.843. The number of halogens is 1. The third kappa shape index (κ3) is 3.02. The standard InChI is InChI=1S/C17H21FN6/c18-14-12-21-16(22-13-14)24-10-4-17(5-11-24)2-8-23(9-3-17)15-19-6-1-7-20-15/h1,6-7,12-13H,2-5,8-11H2. The van der Waals surface area contributed by atoms with E-state index in [1.807, 2.05) is 6.07 Å². The second-order valence-corrected chi connectivity index (χ2v) is 6.72. The molecule has 2 aromatic heterocycles. The summed E-state index contributed by atoms with van der Waals surface area (Å²) in [4.78, 5) is 21.4. The van der Waals surface area contributed by atoms with E-state index in [4.69, 9.17) is 0 Å². The number of hydrogen-bond donors (Lipinski definition) is 0. The first-order chi connectivity index (χ1) is 11.7. The SMILES string of the molecule is Fc1cnc(N2CCC3(CCN(c4ncccn4)CC3)CC2)nc1. The third-order valence-corrected chi connectivity index (χ3v) is 5.37. The van der Waals surface area contributed by atoms with Gasteiger partial charge in [0.2, 0.25) is 11.9 Å². The number of nitrogens with zero attached hydrogens (tertiary/aromatic N) is 6. The van der Waals surface area contributed by atoms with E-state index in [1.54, 1.807) is 12.4 Å². The van der Waals surface area contributed by atoms with E-state index in [-0.39, 0.29) is 5.82 Å². The van der Waals surface area contributed by atoms with Crippen LogP contribution in [-0.4, -0.2) is 46.1 Å². The van der Waals surface area contributed by atoms with Crippen LogP contribution in [0.2, 0.25) is 0 Å². The highest BCUT2D eigenvalue weighted by Crippen LogP contribution is 2.42. The van der Waals surface area contributed by atoms with Crippen LogP contribution in [-0.2, 0) is 0 Å². The fourth-order valence-corrected chi connectivity index (χ4v) is 3.79. The summed E-state index contributed by atoms with van der Waals surface area (Å²) in [7, 11) is 0. The molecule has 1 spiro atoms. The topological polar surface area (TPSA) is 58.0 Å². The molecule has 126 valence electrons. The van der Waals surface area contributed by atoms with E-state index in [0.29, 0.717) is 11.4 Å². The molecule has 2 aliphatic rings. The Morgan fingerprint density at radius 3 is 1.71 bits per heavy atom. The van der Waals surface area contributed by atoms with Gasteiger partial charge in [-0.2, -0.15) is 0 Å². The summed E-state index contributed by atoms with van der Waals surface area (Å²) < 4.78 is 13.0. The van der Waals surface area contributed by atoms with Gasteiger partial charge >= 0.3 is 0 Å². The molecule has 0 radical (unpaired) electrons. The highest BCUT2D eigenvalue weighted by Gasteiger charge is 2.38. The summed E-state index contributed by atoms with van der Waals surface area (Å²) in [5.41, 5.74) is 0.405. The Labute approximate surface area is 140 Å². The van der Waals surface area contributed by atoms with Crippen molar-refractivity contribution in [1.82, 2.24) is 19.9 Å². The van der Waals surface area contributed by atoms with Gasteiger partial charge in [-0.15, -0.1) is 0 Å². The van der Waals surface area contributed by atoms with Gasteiger partial charge in [-0.05, 0) is 37.2 Å². The molecule has 2 aromatic rings. The van der Waals surface area contributed by atoms with Gasteiger partial charge in [0.15, 0.2) is 5.82 Å². The molecule has 0 saturated carbocycles. The number of rotatable bonds is 2. The van der Waals surface area contributed by atoms with Crippen LogP contribution in [0.15, 0.2) is 30.9 Å². The van der Waals surface area contributed by atoms with Crippen molar-refractivity contribution in [2.75, 3.05) is 36.0 Å². The maximum Gasteiger partial charge on any atom is 0.225 e. The van der Waals surface area contributed by atoms with E-state index in [0.717, 1.165) is 45.0 Å². The predicted molar refractivity (Wildman–Crippen MR) is 89.3 cm³/mol. The van der Waals surface area contributed by atoms with Crippen LogP contribution in [0.1, 0.15) is 25.7 Å². The molecule has 0 unspecified atom stereocenters. The molecular weight excluding hydrogens is 307 g/mol. The molecule has 2 saturated heterocycles. The zero-order valence-electron chi connectivity index (χ0n) is 13.6. The Hall–Kier alpha value is -2.31. The monoisotopic (exact) mass is 328 g/mol. The van der Waals surface area contributed by atoms with Crippen LogP contribution < -0.4 is 9.80 Å². The minimum atomic E-state index is -0.386. The van der Waals surface area contributed by atoms with Crippen molar-refractivity contribution >= 4 is 11.9 Å². The largest absolute Gasteiger partial charge is 0.341 e. The van der Waals surface area contributed by atoms with Gasteiger partial charge in [-0.25, -0.2) is 24.3 Å². The van der Waals surface area contributed by atoms with E-state index in [2.05, 4.69) is 29.7 Å². The van der Waals surface area contributed by atoms with Gasteiger partial charge in [0, 0.05) is 38.6 Å². The summed E-state index contributed by atoms with van der Waals surface area (Å²) >= 11 is 0. The average molecular weight is 328 g/mol. The Morgan fingerprint density at radius 2 is 1.21 bits per heavy atom. The Morgan fingerprint density at radius 1 is 0.750 bits per heavy atom. The van der Waals surface area contributed by atoms with Crippen molar-refractivity contribution in [2.24, 2.45) is 5.41 Å². The molecule has 4 rings (SSSR count). The van der Waals surface area contributed by atoms with Crippen molar-refractivity contribution < 1.29 is 4.39 Å². The number of piperidine rings is 2. The van der Waals surface area contributed by atoms with Crippen LogP contribution in [0.3, 0.4) is 0 Å². The zero-order valence-corrected chi connectivity index (χ0v) is 13.6. The second kappa shape index (κ2) is 6.30. The molecule has 0 bridgehead atoms. The van der Waals surface area contributed by atoms with Gasteiger partial charge in [0.25, 0.3) is 0 Å². The molecule has 4 heterocycles. The molecule has 24 heavy (non-hydrogen) atoms. The van der Waals surface area contributed by atoms with Gasteiger partial charge < -0.3 is 9.80 Å². The van der Waals surface area contributed by atoms with Crippen LogP contribution >= 0.6 is 0 Å². The molecular formula is C17H21FN6. The summed E-state index contributed by atoms with van der Waals surface area (Å²) in [6, 6.07) is 1.85. The summed E-state index contributed by atoms with van der Waals surface area (Å²) in [5, 5.41) is 0. The lowest BCUT2D eigenvalue weighted by atomic mass is 9.71. The fraction of sp³-hybridized carbons (Fsp3) is 0.529. The Bertz CT molecular complexity index is 659. The van der Waals surface area contributed by atoms with E-state index in [9.17, 15) is 4.39 Å². The van der Waals surface area contributed by atoms with Gasteiger partial charge in [-0.3, -0.25) is 0 Å². The summed E-state index contributed by atoms with van der Waals surface area (Å²) in [5.74, 6) is 1.09. The van der Waals surface area contributed by atoms with Crippen LogP contribution in [0.4, 0.5) is 16.3 Å². The normalized spacial score (nSPS) is 20.4. The maximum absolute atomic E-state index is 13.0. The first-order valence-corrected chi connectivity index (χ1v) is 8.49. The van der Waals surface area contributed by atoms with E-state index < -0.39 is 0 Å². The lowest BCUT2D eigenvalue weighted by Gasteiger charge is -2.46. The van der Waals surface area contributed by atoms with Crippen LogP contribution in [0.5, 0.6) is 0 Å². The van der Waals surface area contributed by atoms with E-state index >= 15 is 0 Å². The number of hydrogen-bond acceptors (Lipinski definition) is 6. The lowest BCUT2D eigenvalue weighted by molar-refractivity contribution is 0.165. The molecule has 0 atom stereocenters. The molecule has 0 aliphatic carbocycles. The molecule has 0 aromatic carbocycles. The van der Waals surface area contributed by atoms with E-state index in [1.165, 1.54) is 25.2 Å². The molecule has 6 nitrogen and oxygen atoms in total. The smallest absolute Gasteiger partial charge is 0.225 e. The van der Waals surface area contributed by atoms with Gasteiger partial charge in [-0.1, -0.05) is 0 Å². The fourth-order valence-electron chi connectivity index (χ4n) is 3.79. The predicted octanol–water partition coefficient (Wildman–Crippen LogP) is 2.29. The summed E-state index contributed by atoms with van der Waals surface area (Å²) in [6.45, 7) is 3.90. The molecule has 2 aliphatic heterocycles. The second-order valence-electron chi connectivity index (χ2n) is 6.72. The first kappa shape index (κ1) is 15.2. The molecule has 2 fully saturated rings. The Kier molecular flexibility index (Phi) is 4.00. The zero-order chi connectivity index (χ0) is 16.4. The maximum atomic E-state index is 13.0. The van der Waals surface area contributed by atoms with Crippen LogP contribution in [0, 0.1) is 11.2 Å². The summed E-state index contributed by atoms with van der Waals surface area (Å²) in [6.07, 6.45) is 10.7. The van der Waals surface area contributed by atoms with Gasteiger partial charge in [0.05, 0.1) is 12.4 Å². The lowest BCUT2D eigenvalue weighted by Crippen LogP contribution is -2.47. The highest BCUT2D eigenvalue weighted by atomic mass is 19.1. The average Bonchev–Trinajstić information content (AvgIpc) is 2.65. The molecule has 0 N–H and O–H groups in total. The van der Waals surface area contributed by atoms with Crippen molar-refractivity contribution in [3.05, 3.63) is 36.7 Å². The van der Waals surface area contributed by atoms with Crippen molar-refractivity contribution in [1.29, 1.82) is 0 Å². The Balaban J connectivity index is 1.35. The molecule has 0 amide bonds.